The average Bonchev–Trinajstić information content (AvgIpc) is 2.23. The maximum absolute atomic E-state index is 12.3. The van der Waals surface area contributed by atoms with E-state index < -0.39 is 5.91 Å². The van der Waals surface area contributed by atoms with Crippen molar-refractivity contribution in [2.45, 2.75) is 26.8 Å². The molecule has 0 heterocycles. The van der Waals surface area contributed by atoms with Crippen LogP contribution in [0.25, 0.3) is 0 Å². The van der Waals surface area contributed by atoms with Crippen molar-refractivity contribution in [1.82, 2.24) is 4.90 Å². The Hall–Kier alpha value is -1.36. The van der Waals surface area contributed by atoms with Crippen molar-refractivity contribution in [3.05, 3.63) is 33.8 Å². The van der Waals surface area contributed by atoms with Gasteiger partial charge in [0.2, 0.25) is 5.91 Å². The van der Waals surface area contributed by atoms with Gasteiger partial charge < -0.3 is 10.6 Å². The van der Waals surface area contributed by atoms with Gasteiger partial charge in [0.15, 0.2) is 0 Å². The molecule has 0 spiro atoms. The van der Waals surface area contributed by atoms with Crippen molar-refractivity contribution in [3.63, 3.8) is 0 Å². The van der Waals surface area contributed by atoms with Crippen LogP contribution in [0.5, 0.6) is 0 Å². The van der Waals surface area contributed by atoms with Gasteiger partial charge in [0.1, 0.15) is 0 Å². The first-order chi connectivity index (χ1) is 8.31. The summed E-state index contributed by atoms with van der Waals surface area (Å²) in [7, 11) is 0. The summed E-state index contributed by atoms with van der Waals surface area (Å²) in [6.07, 6.45) is 0. The standard InChI is InChI=1S/C13H17BrN2O2/c1-8(2)16(7-12(15)17)13(18)10-4-9(3)5-11(14)6-10/h4-6,8H,7H2,1-3H3,(H2,15,17). The largest absolute Gasteiger partial charge is 0.368 e. The first-order valence-electron chi connectivity index (χ1n) is 5.67. The van der Waals surface area contributed by atoms with E-state index in [4.69, 9.17) is 5.73 Å². The Morgan fingerprint density at radius 3 is 2.39 bits per heavy atom. The van der Waals surface area contributed by atoms with Crippen molar-refractivity contribution >= 4 is 27.7 Å². The van der Waals surface area contributed by atoms with Crippen LogP contribution in [0.2, 0.25) is 0 Å². The van der Waals surface area contributed by atoms with Crippen LogP contribution in [0, 0.1) is 6.92 Å². The molecule has 0 aliphatic heterocycles. The van der Waals surface area contributed by atoms with E-state index in [0.717, 1.165) is 10.0 Å². The lowest BCUT2D eigenvalue weighted by Gasteiger charge is -2.25. The topological polar surface area (TPSA) is 63.4 Å². The van der Waals surface area contributed by atoms with E-state index in [-0.39, 0.29) is 18.5 Å². The molecule has 0 saturated heterocycles. The van der Waals surface area contributed by atoms with E-state index in [2.05, 4.69) is 15.9 Å². The number of halogens is 1. The Morgan fingerprint density at radius 1 is 1.33 bits per heavy atom. The summed E-state index contributed by atoms with van der Waals surface area (Å²) in [5, 5.41) is 0. The van der Waals surface area contributed by atoms with Gasteiger partial charge in [-0.15, -0.1) is 0 Å². The number of primary amides is 1. The van der Waals surface area contributed by atoms with E-state index >= 15 is 0 Å². The van der Waals surface area contributed by atoms with Crippen LogP contribution in [0.3, 0.4) is 0 Å². The molecule has 0 fully saturated rings. The highest BCUT2D eigenvalue weighted by molar-refractivity contribution is 9.10. The van der Waals surface area contributed by atoms with Crippen molar-refractivity contribution in [1.29, 1.82) is 0 Å². The third-order valence-electron chi connectivity index (χ3n) is 2.50. The number of nitrogens with zero attached hydrogens (tertiary/aromatic N) is 1. The van der Waals surface area contributed by atoms with Crippen LogP contribution >= 0.6 is 15.9 Å². The second-order valence-corrected chi connectivity index (χ2v) is 5.43. The fraction of sp³-hybridized carbons (Fsp3) is 0.385. The molecule has 0 aliphatic carbocycles. The normalized spacial score (nSPS) is 10.5. The number of nitrogens with two attached hydrogens (primary N) is 1. The van der Waals surface area contributed by atoms with Gasteiger partial charge in [-0.3, -0.25) is 9.59 Å². The van der Waals surface area contributed by atoms with E-state index in [1.807, 2.05) is 26.8 Å². The van der Waals surface area contributed by atoms with Crippen LogP contribution in [-0.4, -0.2) is 29.3 Å². The molecular formula is C13H17BrN2O2. The third kappa shape index (κ3) is 3.84. The lowest BCUT2D eigenvalue weighted by Crippen LogP contribution is -2.42. The number of hydrogen-bond acceptors (Lipinski definition) is 2. The summed E-state index contributed by atoms with van der Waals surface area (Å²) < 4.78 is 0.841. The van der Waals surface area contributed by atoms with Crippen molar-refractivity contribution in [2.75, 3.05) is 6.54 Å². The number of rotatable bonds is 4. The lowest BCUT2D eigenvalue weighted by molar-refractivity contribution is -0.119. The lowest BCUT2D eigenvalue weighted by atomic mass is 10.1. The van der Waals surface area contributed by atoms with Crippen LogP contribution in [0.4, 0.5) is 0 Å². The van der Waals surface area contributed by atoms with Gasteiger partial charge >= 0.3 is 0 Å². The van der Waals surface area contributed by atoms with Gasteiger partial charge in [0.05, 0.1) is 6.54 Å². The van der Waals surface area contributed by atoms with E-state index in [1.54, 1.807) is 12.1 Å². The van der Waals surface area contributed by atoms with Crippen LogP contribution in [-0.2, 0) is 4.79 Å². The van der Waals surface area contributed by atoms with Gasteiger partial charge in [-0.2, -0.15) is 0 Å². The smallest absolute Gasteiger partial charge is 0.254 e. The number of carbonyl (C=O) groups excluding carboxylic acids is 2. The number of benzene rings is 1. The summed E-state index contributed by atoms with van der Waals surface area (Å²) in [5.74, 6) is -0.697. The predicted octanol–water partition coefficient (Wildman–Crippen LogP) is 2.09. The molecule has 98 valence electrons. The number of aryl methyl sites for hydroxylation is 1. The van der Waals surface area contributed by atoms with Gasteiger partial charge in [-0.05, 0) is 44.5 Å². The van der Waals surface area contributed by atoms with Crippen molar-refractivity contribution in [3.8, 4) is 0 Å². The molecule has 0 unspecified atom stereocenters. The second-order valence-electron chi connectivity index (χ2n) is 4.51. The minimum Gasteiger partial charge on any atom is -0.368 e. The molecule has 5 heteroatoms. The quantitative estimate of drug-likeness (QED) is 0.925. The molecule has 0 aromatic heterocycles. The van der Waals surface area contributed by atoms with Crippen LogP contribution < -0.4 is 5.73 Å². The number of amides is 2. The first kappa shape index (κ1) is 14.7. The molecule has 2 amide bonds. The zero-order valence-electron chi connectivity index (χ0n) is 10.7. The van der Waals surface area contributed by atoms with Crippen molar-refractivity contribution < 1.29 is 9.59 Å². The molecule has 4 nitrogen and oxygen atoms in total. The highest BCUT2D eigenvalue weighted by Crippen LogP contribution is 2.17. The molecule has 2 N–H and O–H groups in total. The monoisotopic (exact) mass is 312 g/mol. The number of hydrogen-bond donors (Lipinski definition) is 1. The Bertz CT molecular complexity index is 452. The maximum Gasteiger partial charge on any atom is 0.254 e. The molecule has 1 aromatic carbocycles. The fourth-order valence-corrected chi connectivity index (χ4v) is 2.29. The summed E-state index contributed by atoms with van der Waals surface area (Å²) in [6, 6.07) is 5.38. The molecule has 1 rings (SSSR count). The summed E-state index contributed by atoms with van der Waals surface area (Å²) in [6.45, 7) is 5.55. The van der Waals surface area contributed by atoms with Gasteiger partial charge in [-0.1, -0.05) is 15.9 Å². The molecule has 0 saturated carbocycles. The van der Waals surface area contributed by atoms with E-state index in [0.29, 0.717) is 5.56 Å². The van der Waals surface area contributed by atoms with Gasteiger partial charge in [0, 0.05) is 16.1 Å². The van der Waals surface area contributed by atoms with Crippen molar-refractivity contribution in [2.24, 2.45) is 5.73 Å². The van der Waals surface area contributed by atoms with E-state index in [1.165, 1.54) is 4.90 Å². The average molecular weight is 313 g/mol. The van der Waals surface area contributed by atoms with E-state index in [9.17, 15) is 9.59 Å². The highest BCUT2D eigenvalue weighted by atomic mass is 79.9. The summed E-state index contributed by atoms with van der Waals surface area (Å²) >= 11 is 3.36. The third-order valence-corrected chi connectivity index (χ3v) is 2.96. The SMILES string of the molecule is Cc1cc(Br)cc(C(=O)N(CC(N)=O)C(C)C)c1. The fourth-order valence-electron chi connectivity index (χ4n) is 1.68. The first-order valence-corrected chi connectivity index (χ1v) is 6.47. The molecular weight excluding hydrogens is 296 g/mol. The molecule has 0 bridgehead atoms. The maximum atomic E-state index is 12.3. The zero-order valence-corrected chi connectivity index (χ0v) is 12.3. The minimum atomic E-state index is -0.510. The predicted molar refractivity (Wildman–Crippen MR) is 74.2 cm³/mol. The van der Waals surface area contributed by atoms with Gasteiger partial charge in [0.25, 0.3) is 5.91 Å². The zero-order chi connectivity index (χ0) is 13.9. The highest BCUT2D eigenvalue weighted by Gasteiger charge is 2.20. The Morgan fingerprint density at radius 2 is 1.94 bits per heavy atom. The molecule has 0 aliphatic rings. The minimum absolute atomic E-state index is 0.0674. The molecule has 0 radical (unpaired) electrons. The Labute approximate surface area is 115 Å². The molecule has 0 atom stereocenters. The van der Waals surface area contributed by atoms with Gasteiger partial charge in [-0.25, -0.2) is 0 Å². The summed E-state index contributed by atoms with van der Waals surface area (Å²) in [5.41, 5.74) is 6.70. The van der Waals surface area contributed by atoms with Crippen LogP contribution in [0.15, 0.2) is 22.7 Å². The molecule has 18 heavy (non-hydrogen) atoms. The second kappa shape index (κ2) is 6.00. The Kier molecular flexibility index (Phi) is 4.90. The summed E-state index contributed by atoms with van der Waals surface area (Å²) in [4.78, 5) is 24.8. The Balaban J connectivity index is 3.05. The number of carbonyl (C=O) groups is 2. The van der Waals surface area contributed by atoms with Crippen LogP contribution in [0.1, 0.15) is 29.8 Å². The molecule has 1 aromatic rings.